The zero-order valence-corrected chi connectivity index (χ0v) is 11.7. The van der Waals surface area contributed by atoms with E-state index >= 15 is 0 Å². The van der Waals surface area contributed by atoms with Gasteiger partial charge >= 0.3 is 23.9 Å². The van der Waals surface area contributed by atoms with E-state index in [9.17, 15) is 39.6 Å². The van der Waals surface area contributed by atoms with E-state index in [0.29, 0.717) is 25.7 Å². The van der Waals surface area contributed by atoms with Gasteiger partial charge in [0.1, 0.15) is 0 Å². The summed E-state index contributed by atoms with van der Waals surface area (Å²) in [4.78, 5) is 46.1. The fourth-order valence-electron chi connectivity index (χ4n) is 4.35. The minimum Gasteiger partial charge on any atom is -0.481 e. The van der Waals surface area contributed by atoms with Gasteiger partial charge in [-0.3, -0.25) is 19.2 Å². The number of hydrogen-bond acceptors (Lipinski definition) is 4. The maximum atomic E-state index is 11.6. The Morgan fingerprint density at radius 2 is 0.818 bits per heavy atom. The quantitative estimate of drug-likeness (QED) is 0.589. The summed E-state index contributed by atoms with van der Waals surface area (Å²) in [6.45, 7) is 0. The van der Waals surface area contributed by atoms with Crippen LogP contribution < -0.4 is 0 Å². The third kappa shape index (κ3) is 2.53. The molecule has 0 spiro atoms. The molecule has 2 aliphatic rings. The summed E-state index contributed by atoms with van der Waals surface area (Å²) in [5, 5.41) is 37.5. The van der Waals surface area contributed by atoms with Crippen LogP contribution in [0.4, 0.5) is 0 Å². The second kappa shape index (κ2) is 5.94. The average Bonchev–Trinajstić information content (AvgIpc) is 2.43. The van der Waals surface area contributed by atoms with Crippen molar-refractivity contribution in [3.05, 3.63) is 0 Å². The van der Waals surface area contributed by atoms with E-state index in [1.165, 1.54) is 0 Å². The Morgan fingerprint density at radius 1 is 0.545 bits per heavy atom. The maximum Gasteiger partial charge on any atom is 0.308 e. The van der Waals surface area contributed by atoms with Gasteiger partial charge in [0.2, 0.25) is 0 Å². The van der Waals surface area contributed by atoms with E-state index in [2.05, 4.69) is 0 Å². The second-order valence-corrected chi connectivity index (χ2v) is 6.07. The monoisotopic (exact) mass is 314 g/mol. The lowest BCUT2D eigenvalue weighted by atomic mass is 9.53. The van der Waals surface area contributed by atoms with Crippen molar-refractivity contribution in [2.45, 2.75) is 25.7 Å². The zero-order valence-electron chi connectivity index (χ0n) is 11.7. The second-order valence-electron chi connectivity index (χ2n) is 6.07. The summed E-state index contributed by atoms with van der Waals surface area (Å²) in [5.41, 5.74) is 0. The lowest BCUT2D eigenvalue weighted by molar-refractivity contribution is -0.184. The van der Waals surface area contributed by atoms with Gasteiger partial charge in [0.05, 0.1) is 23.7 Å². The molecule has 0 aromatic rings. The van der Waals surface area contributed by atoms with Crippen LogP contribution in [0.2, 0.25) is 0 Å². The van der Waals surface area contributed by atoms with E-state index in [4.69, 9.17) is 0 Å². The van der Waals surface area contributed by atoms with Crippen LogP contribution in [0.3, 0.4) is 0 Å². The Kier molecular flexibility index (Phi) is 4.39. The SMILES string of the molecule is O=C(O)C1C2CCCCC2C(C(=O)O)C(C(=O)O)C1C(=O)O. The number of carbonyl (C=O) groups is 4. The normalized spacial score (nSPS) is 37.8. The molecule has 8 nitrogen and oxygen atoms in total. The summed E-state index contributed by atoms with van der Waals surface area (Å²) in [6.07, 6.45) is 2.23. The highest BCUT2D eigenvalue weighted by Gasteiger charge is 2.60. The Labute approximate surface area is 125 Å². The van der Waals surface area contributed by atoms with Crippen molar-refractivity contribution in [2.75, 3.05) is 0 Å². The van der Waals surface area contributed by atoms with Gasteiger partial charge in [0.15, 0.2) is 0 Å². The van der Waals surface area contributed by atoms with Crippen LogP contribution in [0.5, 0.6) is 0 Å². The molecule has 6 unspecified atom stereocenters. The van der Waals surface area contributed by atoms with Gasteiger partial charge in [0, 0.05) is 0 Å². The molecular formula is C14H18O8. The van der Waals surface area contributed by atoms with Crippen LogP contribution in [-0.4, -0.2) is 44.3 Å². The first kappa shape index (κ1) is 16.3. The highest BCUT2D eigenvalue weighted by Crippen LogP contribution is 2.52. The number of carboxylic acid groups (broad SMARTS) is 4. The molecule has 0 bridgehead atoms. The van der Waals surface area contributed by atoms with Gasteiger partial charge in [-0.25, -0.2) is 0 Å². The first-order valence-corrected chi connectivity index (χ1v) is 7.18. The summed E-state index contributed by atoms with van der Waals surface area (Å²) in [6, 6.07) is 0. The maximum absolute atomic E-state index is 11.6. The fraction of sp³-hybridized carbons (Fsp3) is 0.714. The predicted octanol–water partition coefficient (Wildman–Crippen LogP) is 0.610. The Balaban J connectivity index is 2.57. The lowest BCUT2D eigenvalue weighted by Crippen LogP contribution is -2.56. The molecule has 6 atom stereocenters. The van der Waals surface area contributed by atoms with Gasteiger partial charge in [-0.2, -0.15) is 0 Å². The molecule has 0 saturated heterocycles. The van der Waals surface area contributed by atoms with Crippen LogP contribution in [-0.2, 0) is 19.2 Å². The van der Waals surface area contributed by atoms with E-state index < -0.39 is 59.4 Å². The van der Waals surface area contributed by atoms with Crippen molar-refractivity contribution in [1.29, 1.82) is 0 Å². The predicted molar refractivity (Wildman–Crippen MR) is 70.0 cm³/mol. The van der Waals surface area contributed by atoms with Gasteiger partial charge in [-0.15, -0.1) is 0 Å². The molecule has 0 heterocycles. The van der Waals surface area contributed by atoms with Crippen molar-refractivity contribution < 1.29 is 39.6 Å². The molecule has 0 aromatic carbocycles. The molecule has 8 heteroatoms. The summed E-state index contributed by atoms with van der Waals surface area (Å²) in [7, 11) is 0. The lowest BCUT2D eigenvalue weighted by Gasteiger charge is -2.48. The number of aliphatic carboxylic acids is 4. The summed E-state index contributed by atoms with van der Waals surface area (Å²) >= 11 is 0. The Morgan fingerprint density at radius 3 is 1.05 bits per heavy atom. The third-order valence-electron chi connectivity index (χ3n) is 5.10. The molecular weight excluding hydrogens is 296 g/mol. The van der Waals surface area contributed by atoms with Crippen LogP contribution >= 0.6 is 0 Å². The number of hydrogen-bond donors (Lipinski definition) is 4. The number of rotatable bonds is 4. The smallest absolute Gasteiger partial charge is 0.308 e. The highest BCUT2D eigenvalue weighted by atomic mass is 16.4. The van der Waals surface area contributed by atoms with Crippen molar-refractivity contribution in [3.8, 4) is 0 Å². The first-order chi connectivity index (χ1) is 10.3. The Hall–Kier alpha value is -2.12. The van der Waals surface area contributed by atoms with Gasteiger partial charge in [-0.05, 0) is 24.7 Å². The molecule has 0 aliphatic heterocycles. The molecule has 22 heavy (non-hydrogen) atoms. The van der Waals surface area contributed by atoms with Crippen LogP contribution in [0.15, 0.2) is 0 Å². The largest absolute Gasteiger partial charge is 0.481 e. The van der Waals surface area contributed by atoms with Gasteiger partial charge < -0.3 is 20.4 Å². The van der Waals surface area contributed by atoms with Crippen molar-refractivity contribution in [1.82, 2.24) is 0 Å². The minimum absolute atomic E-state index is 0.418. The van der Waals surface area contributed by atoms with Crippen molar-refractivity contribution >= 4 is 23.9 Å². The zero-order chi connectivity index (χ0) is 16.6. The van der Waals surface area contributed by atoms with E-state index in [-0.39, 0.29) is 0 Å². The fourth-order valence-corrected chi connectivity index (χ4v) is 4.35. The summed E-state index contributed by atoms with van der Waals surface area (Å²) < 4.78 is 0. The highest BCUT2D eigenvalue weighted by molar-refractivity contribution is 5.89. The number of carboxylic acids is 4. The molecule has 122 valence electrons. The molecule has 0 aromatic heterocycles. The standard InChI is InChI=1S/C14H18O8/c15-11(16)7-5-3-1-2-4-6(5)8(12(17)18)10(14(21)22)9(7)13(19)20/h5-10H,1-4H2,(H,15,16)(H,17,18)(H,19,20)(H,21,22). The van der Waals surface area contributed by atoms with Gasteiger partial charge in [-0.1, -0.05) is 12.8 Å². The first-order valence-electron chi connectivity index (χ1n) is 7.18. The molecule has 2 fully saturated rings. The van der Waals surface area contributed by atoms with Crippen molar-refractivity contribution in [3.63, 3.8) is 0 Å². The molecule has 2 aliphatic carbocycles. The van der Waals surface area contributed by atoms with E-state index in [1.807, 2.05) is 0 Å². The van der Waals surface area contributed by atoms with Crippen LogP contribution in [0, 0.1) is 35.5 Å². The summed E-state index contributed by atoms with van der Waals surface area (Å²) in [5.74, 6) is -13.2. The molecule has 0 amide bonds. The molecule has 2 rings (SSSR count). The molecule has 2 saturated carbocycles. The molecule has 4 N–H and O–H groups in total. The van der Waals surface area contributed by atoms with Gasteiger partial charge in [0.25, 0.3) is 0 Å². The average molecular weight is 314 g/mol. The van der Waals surface area contributed by atoms with E-state index in [1.54, 1.807) is 0 Å². The third-order valence-corrected chi connectivity index (χ3v) is 5.10. The van der Waals surface area contributed by atoms with Crippen LogP contribution in [0.1, 0.15) is 25.7 Å². The minimum atomic E-state index is -1.73. The molecule has 0 radical (unpaired) electrons. The van der Waals surface area contributed by atoms with E-state index in [0.717, 1.165) is 0 Å². The van der Waals surface area contributed by atoms with Crippen LogP contribution in [0.25, 0.3) is 0 Å². The number of fused-ring (bicyclic) bond motifs is 1. The topological polar surface area (TPSA) is 149 Å². The van der Waals surface area contributed by atoms with Crippen molar-refractivity contribution in [2.24, 2.45) is 35.5 Å². The Bertz CT molecular complexity index is 467.